The summed E-state index contributed by atoms with van der Waals surface area (Å²) < 4.78 is 7.19. The van der Waals surface area contributed by atoms with Gasteiger partial charge < -0.3 is 15.0 Å². The second kappa shape index (κ2) is 6.44. The average Bonchev–Trinajstić information content (AvgIpc) is 2.72. The zero-order valence-electron chi connectivity index (χ0n) is 13.5. The van der Waals surface area contributed by atoms with Gasteiger partial charge in [-0.1, -0.05) is 0 Å². The highest BCUT2D eigenvalue weighted by Gasteiger charge is 2.31. The van der Waals surface area contributed by atoms with Gasteiger partial charge in [0.15, 0.2) is 0 Å². The van der Waals surface area contributed by atoms with E-state index in [1.807, 2.05) is 14.0 Å². The molecule has 1 atom stereocenters. The van der Waals surface area contributed by atoms with Crippen molar-refractivity contribution in [1.82, 2.24) is 24.9 Å². The lowest BCUT2D eigenvalue weighted by Crippen LogP contribution is -2.57. The van der Waals surface area contributed by atoms with Crippen LogP contribution in [0, 0.1) is 6.92 Å². The van der Waals surface area contributed by atoms with E-state index in [1.54, 1.807) is 30.8 Å². The van der Waals surface area contributed by atoms with Crippen molar-refractivity contribution < 1.29 is 9.53 Å². The number of hydrogen-bond acceptors (Lipinski definition) is 5. The molecule has 1 amide bonds. The molecule has 1 aromatic heterocycles. The van der Waals surface area contributed by atoms with Gasteiger partial charge in [0.05, 0.1) is 18.4 Å². The second-order valence-electron chi connectivity index (χ2n) is 5.62. The summed E-state index contributed by atoms with van der Waals surface area (Å²) >= 11 is 0. The fourth-order valence-electron chi connectivity index (χ4n) is 2.80. The van der Waals surface area contributed by atoms with E-state index in [1.165, 1.54) is 0 Å². The molecule has 2 rings (SSSR count). The number of likely N-dealkylation sites (N-methyl/N-ethyl adjacent to an activating group) is 1. The first-order valence-electron chi connectivity index (χ1n) is 7.18. The van der Waals surface area contributed by atoms with Crippen LogP contribution in [0.5, 0.6) is 5.88 Å². The number of rotatable bonds is 4. The van der Waals surface area contributed by atoms with Crippen molar-refractivity contribution in [2.75, 3.05) is 40.8 Å². The Kier molecular flexibility index (Phi) is 4.84. The van der Waals surface area contributed by atoms with Gasteiger partial charge in [-0.15, -0.1) is 0 Å². The number of carbonyl (C=O) groups excluding carboxylic acids is 1. The number of methoxy groups -OCH3 is 1. The standard InChI is InChI=1S/C14H25N5O2/c1-10-11(14(21-5)18(4)16-10)9-19-7-6-15-8-12(19)13(20)17(2)3/h12,15H,6-9H2,1-5H3. The molecular weight excluding hydrogens is 270 g/mol. The maximum absolute atomic E-state index is 12.3. The molecule has 1 aliphatic heterocycles. The second-order valence-corrected chi connectivity index (χ2v) is 5.62. The maximum Gasteiger partial charge on any atom is 0.240 e. The lowest BCUT2D eigenvalue weighted by molar-refractivity contribution is -0.135. The van der Waals surface area contributed by atoms with Gasteiger partial charge in [-0.3, -0.25) is 9.69 Å². The fourth-order valence-corrected chi connectivity index (χ4v) is 2.80. The number of carbonyl (C=O) groups is 1. The van der Waals surface area contributed by atoms with Gasteiger partial charge in [-0.2, -0.15) is 5.10 Å². The van der Waals surface area contributed by atoms with Crippen molar-refractivity contribution in [3.8, 4) is 5.88 Å². The Morgan fingerprint density at radius 2 is 2.24 bits per heavy atom. The Bertz CT molecular complexity index is 512. The lowest BCUT2D eigenvalue weighted by atomic mass is 10.1. The highest BCUT2D eigenvalue weighted by molar-refractivity contribution is 5.81. The summed E-state index contributed by atoms with van der Waals surface area (Å²) in [4.78, 5) is 16.2. The number of piperazine rings is 1. The SMILES string of the molecule is COc1c(CN2CCNCC2C(=O)N(C)C)c(C)nn1C. The molecule has 21 heavy (non-hydrogen) atoms. The minimum absolute atomic E-state index is 0.128. The molecule has 1 aromatic rings. The first kappa shape index (κ1) is 15.8. The summed E-state index contributed by atoms with van der Waals surface area (Å²) in [5.41, 5.74) is 2.00. The molecule has 7 heteroatoms. The van der Waals surface area contributed by atoms with Gasteiger partial charge >= 0.3 is 0 Å². The molecule has 2 heterocycles. The van der Waals surface area contributed by atoms with E-state index >= 15 is 0 Å². The normalized spacial score (nSPS) is 19.6. The Balaban J connectivity index is 2.22. The minimum Gasteiger partial charge on any atom is -0.481 e. The number of nitrogens with one attached hydrogen (secondary N) is 1. The van der Waals surface area contributed by atoms with Crippen LogP contribution in [-0.4, -0.2) is 72.4 Å². The van der Waals surface area contributed by atoms with E-state index < -0.39 is 0 Å². The number of nitrogens with zero attached hydrogens (tertiary/aromatic N) is 4. The van der Waals surface area contributed by atoms with Crippen molar-refractivity contribution in [3.63, 3.8) is 0 Å². The Morgan fingerprint density at radius 1 is 1.52 bits per heavy atom. The van der Waals surface area contributed by atoms with Crippen molar-refractivity contribution >= 4 is 5.91 Å². The molecule has 118 valence electrons. The van der Waals surface area contributed by atoms with Crippen molar-refractivity contribution in [2.24, 2.45) is 7.05 Å². The average molecular weight is 295 g/mol. The molecule has 0 aromatic carbocycles. The van der Waals surface area contributed by atoms with Crippen LogP contribution in [-0.2, 0) is 18.4 Å². The maximum atomic E-state index is 12.3. The topological polar surface area (TPSA) is 62.6 Å². The van der Waals surface area contributed by atoms with Crippen LogP contribution in [0.4, 0.5) is 0 Å². The summed E-state index contributed by atoms with van der Waals surface area (Å²) in [7, 11) is 7.12. The van der Waals surface area contributed by atoms with Gasteiger partial charge in [-0.25, -0.2) is 4.68 Å². The quantitative estimate of drug-likeness (QED) is 0.819. The van der Waals surface area contributed by atoms with Gasteiger partial charge in [-0.05, 0) is 6.92 Å². The van der Waals surface area contributed by atoms with Gasteiger partial charge in [0.1, 0.15) is 6.04 Å². The summed E-state index contributed by atoms with van der Waals surface area (Å²) in [5.74, 6) is 0.893. The lowest BCUT2D eigenvalue weighted by Gasteiger charge is -2.36. The highest BCUT2D eigenvalue weighted by atomic mass is 16.5. The Hall–Kier alpha value is -1.60. The number of hydrogen-bond donors (Lipinski definition) is 1. The smallest absolute Gasteiger partial charge is 0.240 e. The van der Waals surface area contributed by atoms with Gasteiger partial charge in [0.25, 0.3) is 0 Å². The molecule has 0 saturated carbocycles. The van der Waals surface area contributed by atoms with Crippen LogP contribution in [0.25, 0.3) is 0 Å². The molecule has 0 aliphatic carbocycles. The molecular formula is C14H25N5O2. The predicted octanol–water partition coefficient (Wildman–Crippen LogP) is -0.401. The van der Waals surface area contributed by atoms with Crippen molar-refractivity contribution in [2.45, 2.75) is 19.5 Å². The zero-order chi connectivity index (χ0) is 15.6. The van der Waals surface area contributed by atoms with Crippen LogP contribution in [0.2, 0.25) is 0 Å². The van der Waals surface area contributed by atoms with E-state index in [9.17, 15) is 4.79 Å². The third kappa shape index (κ3) is 3.19. The Morgan fingerprint density at radius 3 is 2.86 bits per heavy atom. The largest absolute Gasteiger partial charge is 0.481 e. The summed E-state index contributed by atoms with van der Waals surface area (Å²) in [5, 5.41) is 7.70. The first-order chi connectivity index (χ1) is 9.95. The van der Waals surface area contributed by atoms with Crippen LogP contribution in [0.15, 0.2) is 0 Å². The highest BCUT2D eigenvalue weighted by Crippen LogP contribution is 2.24. The third-order valence-electron chi connectivity index (χ3n) is 3.92. The number of ether oxygens (including phenoxy) is 1. The minimum atomic E-state index is -0.141. The molecule has 1 saturated heterocycles. The Labute approximate surface area is 125 Å². The van der Waals surface area contributed by atoms with Crippen LogP contribution in [0.1, 0.15) is 11.3 Å². The monoisotopic (exact) mass is 295 g/mol. The zero-order valence-corrected chi connectivity index (χ0v) is 13.5. The molecule has 1 unspecified atom stereocenters. The first-order valence-corrected chi connectivity index (χ1v) is 7.18. The predicted molar refractivity (Wildman–Crippen MR) is 80.3 cm³/mol. The molecule has 0 spiro atoms. The number of amides is 1. The van der Waals surface area contributed by atoms with E-state index in [2.05, 4.69) is 15.3 Å². The molecule has 1 fully saturated rings. The summed E-state index contributed by atoms with van der Waals surface area (Å²) in [6, 6.07) is -0.141. The van der Waals surface area contributed by atoms with Crippen molar-refractivity contribution in [1.29, 1.82) is 0 Å². The van der Waals surface area contributed by atoms with Gasteiger partial charge in [0, 0.05) is 47.3 Å². The number of aromatic nitrogens is 2. The van der Waals surface area contributed by atoms with E-state index in [0.29, 0.717) is 13.1 Å². The molecule has 0 bridgehead atoms. The van der Waals surface area contributed by atoms with E-state index in [4.69, 9.17) is 4.74 Å². The third-order valence-corrected chi connectivity index (χ3v) is 3.92. The van der Waals surface area contributed by atoms with E-state index in [0.717, 1.165) is 30.2 Å². The fraction of sp³-hybridized carbons (Fsp3) is 0.714. The van der Waals surface area contributed by atoms with Crippen LogP contribution >= 0.6 is 0 Å². The molecule has 7 nitrogen and oxygen atoms in total. The van der Waals surface area contributed by atoms with Crippen LogP contribution in [0.3, 0.4) is 0 Å². The summed E-state index contributed by atoms with van der Waals surface area (Å²) in [6.45, 7) is 5.05. The van der Waals surface area contributed by atoms with Crippen LogP contribution < -0.4 is 10.1 Å². The van der Waals surface area contributed by atoms with E-state index in [-0.39, 0.29) is 11.9 Å². The van der Waals surface area contributed by atoms with Crippen molar-refractivity contribution in [3.05, 3.63) is 11.3 Å². The molecule has 1 N–H and O–H groups in total. The molecule has 1 aliphatic rings. The molecule has 0 radical (unpaired) electrons. The van der Waals surface area contributed by atoms with Gasteiger partial charge in [0.2, 0.25) is 11.8 Å². The number of aryl methyl sites for hydroxylation is 2. The summed E-state index contributed by atoms with van der Waals surface area (Å²) in [6.07, 6.45) is 0.